The van der Waals surface area contributed by atoms with Gasteiger partial charge in [0.1, 0.15) is 0 Å². The molecule has 0 unspecified atom stereocenters. The molecule has 5 heteroatoms. The molecule has 21 heavy (non-hydrogen) atoms. The molecule has 0 saturated heterocycles. The minimum atomic E-state index is -0.108. The third-order valence-corrected chi connectivity index (χ3v) is 5.17. The van der Waals surface area contributed by atoms with Crippen LogP contribution in [0.25, 0.3) is 11.4 Å². The largest absolute Gasteiger partial charge is 0.338 e. The molecule has 0 radical (unpaired) electrons. The Morgan fingerprint density at radius 3 is 2.52 bits per heavy atom. The monoisotopic (exact) mass is 303 g/mol. The maximum Gasteiger partial charge on any atom is 0.234 e. The van der Waals surface area contributed by atoms with Crippen molar-refractivity contribution in [2.24, 2.45) is 5.73 Å². The van der Waals surface area contributed by atoms with Gasteiger partial charge in [0, 0.05) is 17.0 Å². The zero-order valence-corrected chi connectivity index (χ0v) is 13.2. The Kier molecular flexibility index (Phi) is 4.31. The lowest BCUT2D eigenvalue weighted by Gasteiger charge is -2.32. The van der Waals surface area contributed by atoms with Crippen LogP contribution in [0.3, 0.4) is 0 Å². The van der Waals surface area contributed by atoms with Crippen molar-refractivity contribution in [2.75, 3.05) is 12.8 Å². The average molecular weight is 303 g/mol. The van der Waals surface area contributed by atoms with Gasteiger partial charge in [-0.05, 0) is 43.4 Å². The van der Waals surface area contributed by atoms with Gasteiger partial charge in [0.2, 0.25) is 11.7 Å². The molecule has 4 nitrogen and oxygen atoms in total. The topological polar surface area (TPSA) is 64.9 Å². The predicted molar refractivity (Wildman–Crippen MR) is 85.3 cm³/mol. The van der Waals surface area contributed by atoms with Crippen molar-refractivity contribution in [3.05, 3.63) is 30.2 Å². The lowest BCUT2D eigenvalue weighted by molar-refractivity contribution is 0.220. The number of aromatic nitrogens is 2. The van der Waals surface area contributed by atoms with Crippen LogP contribution in [0.4, 0.5) is 0 Å². The summed E-state index contributed by atoms with van der Waals surface area (Å²) in [6.07, 6.45) is 7.83. The molecule has 1 aliphatic carbocycles. The van der Waals surface area contributed by atoms with Crippen LogP contribution < -0.4 is 5.73 Å². The van der Waals surface area contributed by atoms with Gasteiger partial charge in [-0.15, -0.1) is 11.8 Å². The minimum Gasteiger partial charge on any atom is -0.338 e. The molecule has 0 spiro atoms. The van der Waals surface area contributed by atoms with E-state index in [-0.39, 0.29) is 5.41 Å². The van der Waals surface area contributed by atoms with E-state index in [1.54, 1.807) is 11.8 Å². The number of benzene rings is 1. The van der Waals surface area contributed by atoms with Gasteiger partial charge in [0.15, 0.2) is 0 Å². The number of nitrogens with two attached hydrogens (primary N) is 1. The number of thioether (sulfide) groups is 1. The summed E-state index contributed by atoms with van der Waals surface area (Å²) in [5, 5.41) is 4.16. The molecule has 0 amide bonds. The Morgan fingerprint density at radius 1 is 1.19 bits per heavy atom. The summed E-state index contributed by atoms with van der Waals surface area (Å²) in [5.74, 6) is 1.38. The van der Waals surface area contributed by atoms with Crippen LogP contribution >= 0.6 is 11.8 Å². The Bertz CT molecular complexity index is 588. The van der Waals surface area contributed by atoms with Crippen LogP contribution in [0, 0.1) is 0 Å². The molecule has 1 aromatic heterocycles. The van der Waals surface area contributed by atoms with E-state index in [1.807, 2.05) is 12.1 Å². The molecule has 1 fully saturated rings. The van der Waals surface area contributed by atoms with Crippen molar-refractivity contribution in [3.8, 4) is 11.4 Å². The second-order valence-corrected chi connectivity index (χ2v) is 6.58. The first-order valence-electron chi connectivity index (χ1n) is 7.46. The molecule has 2 N–H and O–H groups in total. The highest BCUT2D eigenvalue weighted by atomic mass is 32.2. The van der Waals surface area contributed by atoms with Crippen LogP contribution in [-0.2, 0) is 5.41 Å². The number of nitrogens with zero attached hydrogens (tertiary/aromatic N) is 2. The summed E-state index contributed by atoms with van der Waals surface area (Å²) in [6, 6.07) is 8.23. The second-order valence-electron chi connectivity index (χ2n) is 5.70. The minimum absolute atomic E-state index is 0.108. The van der Waals surface area contributed by atoms with Gasteiger partial charge in [0.25, 0.3) is 0 Å². The van der Waals surface area contributed by atoms with Crippen LogP contribution in [0.1, 0.15) is 38.0 Å². The SMILES string of the molecule is CSc1ccc(-c2noc(C3(CN)CCCCC3)n2)cc1. The zero-order chi connectivity index (χ0) is 14.7. The Labute approximate surface area is 129 Å². The van der Waals surface area contributed by atoms with E-state index in [9.17, 15) is 0 Å². The summed E-state index contributed by atoms with van der Waals surface area (Å²) in [4.78, 5) is 5.87. The Balaban J connectivity index is 1.87. The number of rotatable bonds is 4. The molecule has 112 valence electrons. The fourth-order valence-electron chi connectivity index (χ4n) is 3.03. The highest BCUT2D eigenvalue weighted by Crippen LogP contribution is 2.38. The molecule has 2 aromatic rings. The third kappa shape index (κ3) is 2.85. The van der Waals surface area contributed by atoms with Crippen LogP contribution in [-0.4, -0.2) is 22.9 Å². The van der Waals surface area contributed by atoms with Gasteiger partial charge in [0.05, 0.1) is 5.41 Å². The van der Waals surface area contributed by atoms with Crippen molar-refractivity contribution in [1.82, 2.24) is 10.1 Å². The van der Waals surface area contributed by atoms with E-state index >= 15 is 0 Å². The summed E-state index contributed by atoms with van der Waals surface area (Å²) in [6.45, 7) is 0.583. The summed E-state index contributed by atoms with van der Waals surface area (Å²) in [5.41, 5.74) is 6.91. The second kappa shape index (κ2) is 6.20. The quantitative estimate of drug-likeness (QED) is 0.874. The van der Waals surface area contributed by atoms with E-state index in [1.165, 1.54) is 24.2 Å². The van der Waals surface area contributed by atoms with E-state index < -0.39 is 0 Å². The lowest BCUT2D eigenvalue weighted by Crippen LogP contribution is -2.37. The number of hydrogen-bond acceptors (Lipinski definition) is 5. The fourth-order valence-corrected chi connectivity index (χ4v) is 3.44. The lowest BCUT2D eigenvalue weighted by atomic mass is 9.74. The van der Waals surface area contributed by atoms with Gasteiger partial charge in [-0.25, -0.2) is 0 Å². The zero-order valence-electron chi connectivity index (χ0n) is 12.3. The molecular formula is C16H21N3OS. The van der Waals surface area contributed by atoms with E-state index in [0.29, 0.717) is 18.3 Å². The van der Waals surface area contributed by atoms with Crippen LogP contribution in [0.5, 0.6) is 0 Å². The van der Waals surface area contributed by atoms with Crippen molar-refractivity contribution in [3.63, 3.8) is 0 Å². The van der Waals surface area contributed by atoms with E-state index in [0.717, 1.165) is 18.4 Å². The maximum atomic E-state index is 6.03. The van der Waals surface area contributed by atoms with Gasteiger partial charge >= 0.3 is 0 Å². The summed E-state index contributed by atoms with van der Waals surface area (Å²) in [7, 11) is 0. The molecule has 1 saturated carbocycles. The first-order chi connectivity index (χ1) is 10.3. The first-order valence-corrected chi connectivity index (χ1v) is 8.68. The predicted octanol–water partition coefficient (Wildman–Crippen LogP) is 3.62. The molecule has 0 bridgehead atoms. The molecule has 1 heterocycles. The van der Waals surface area contributed by atoms with Gasteiger partial charge in [-0.2, -0.15) is 4.98 Å². The van der Waals surface area contributed by atoms with E-state index in [4.69, 9.17) is 10.3 Å². The highest BCUT2D eigenvalue weighted by molar-refractivity contribution is 7.98. The van der Waals surface area contributed by atoms with E-state index in [2.05, 4.69) is 28.5 Å². The Morgan fingerprint density at radius 2 is 1.90 bits per heavy atom. The van der Waals surface area contributed by atoms with Gasteiger partial charge < -0.3 is 10.3 Å². The summed E-state index contributed by atoms with van der Waals surface area (Å²) >= 11 is 1.72. The van der Waals surface area contributed by atoms with Crippen molar-refractivity contribution in [2.45, 2.75) is 42.4 Å². The molecule has 1 aromatic carbocycles. The normalized spacial score (nSPS) is 17.8. The van der Waals surface area contributed by atoms with Gasteiger partial charge in [-0.3, -0.25) is 0 Å². The number of hydrogen-bond donors (Lipinski definition) is 1. The Hall–Kier alpha value is -1.33. The highest BCUT2D eigenvalue weighted by Gasteiger charge is 2.38. The van der Waals surface area contributed by atoms with Crippen LogP contribution in [0.15, 0.2) is 33.7 Å². The fraction of sp³-hybridized carbons (Fsp3) is 0.500. The summed E-state index contributed by atoms with van der Waals surface area (Å²) < 4.78 is 5.56. The standard InChI is InChI=1S/C16H21N3OS/c1-21-13-7-5-12(6-8-13)14-18-15(20-19-14)16(11-17)9-3-2-4-10-16/h5-8H,2-4,9-11,17H2,1H3. The molecule has 0 aliphatic heterocycles. The molecule has 3 rings (SSSR count). The van der Waals surface area contributed by atoms with Gasteiger partial charge in [-0.1, -0.05) is 24.4 Å². The third-order valence-electron chi connectivity index (χ3n) is 4.43. The first kappa shape index (κ1) is 14.6. The molecule has 1 aliphatic rings. The smallest absolute Gasteiger partial charge is 0.234 e. The maximum absolute atomic E-state index is 6.03. The average Bonchev–Trinajstić information content (AvgIpc) is 3.06. The van der Waals surface area contributed by atoms with Crippen molar-refractivity contribution >= 4 is 11.8 Å². The van der Waals surface area contributed by atoms with Crippen LogP contribution in [0.2, 0.25) is 0 Å². The molecule has 0 atom stereocenters. The van der Waals surface area contributed by atoms with Crippen molar-refractivity contribution < 1.29 is 4.52 Å². The van der Waals surface area contributed by atoms with Crippen molar-refractivity contribution in [1.29, 1.82) is 0 Å². The molecular weight excluding hydrogens is 282 g/mol.